The molecule has 24 heavy (non-hydrogen) atoms. The van der Waals surface area contributed by atoms with Crippen LogP contribution in [-0.4, -0.2) is 28.9 Å². The van der Waals surface area contributed by atoms with Crippen LogP contribution in [0.25, 0.3) is 6.08 Å². The molecule has 0 bridgehead atoms. The van der Waals surface area contributed by atoms with Crippen molar-refractivity contribution >= 4 is 23.9 Å². The zero-order chi connectivity index (χ0) is 17.5. The van der Waals surface area contributed by atoms with Crippen molar-refractivity contribution < 1.29 is 23.9 Å². The van der Waals surface area contributed by atoms with Crippen molar-refractivity contribution in [3.05, 3.63) is 65.7 Å². The fourth-order valence-electron chi connectivity index (χ4n) is 1.79. The van der Waals surface area contributed by atoms with Crippen LogP contribution in [0.3, 0.4) is 0 Å². The first-order valence-corrected chi connectivity index (χ1v) is 7.12. The Morgan fingerprint density at radius 3 is 2.42 bits per heavy atom. The van der Waals surface area contributed by atoms with E-state index >= 15 is 0 Å². The molecule has 1 atom stereocenters. The van der Waals surface area contributed by atoms with Gasteiger partial charge in [-0.3, -0.25) is 14.4 Å². The van der Waals surface area contributed by atoms with Crippen molar-refractivity contribution in [3.63, 3.8) is 0 Å². The van der Waals surface area contributed by atoms with Gasteiger partial charge in [-0.15, -0.1) is 0 Å². The molecule has 7 heteroatoms. The lowest BCUT2D eigenvalue weighted by molar-refractivity contribution is -0.140. The highest BCUT2D eigenvalue weighted by atomic mass is 16.4. The maximum Gasteiger partial charge on any atom is 0.325 e. The number of carboxylic acid groups (broad SMARTS) is 1. The maximum absolute atomic E-state index is 12.3. The molecule has 0 fully saturated rings. The molecule has 0 aliphatic heterocycles. The number of aliphatic carboxylic acids is 1. The van der Waals surface area contributed by atoms with Crippen molar-refractivity contribution in [1.82, 2.24) is 10.6 Å². The fourth-order valence-corrected chi connectivity index (χ4v) is 1.79. The van der Waals surface area contributed by atoms with Crippen LogP contribution in [0.5, 0.6) is 0 Å². The molecule has 0 radical (unpaired) electrons. The number of hydrogen-bond acceptors (Lipinski definition) is 4. The van der Waals surface area contributed by atoms with Crippen LogP contribution in [0.1, 0.15) is 23.0 Å². The summed E-state index contributed by atoms with van der Waals surface area (Å²) in [6, 6.07) is 10.5. The number of carbonyl (C=O) groups is 3. The Labute approximate surface area is 138 Å². The molecule has 0 saturated heterocycles. The lowest BCUT2D eigenvalue weighted by atomic mass is 10.2. The molecule has 3 N–H and O–H groups in total. The van der Waals surface area contributed by atoms with Crippen LogP contribution in [0.4, 0.5) is 0 Å². The second-order valence-electron chi connectivity index (χ2n) is 4.93. The van der Waals surface area contributed by atoms with Gasteiger partial charge in [0.15, 0.2) is 0 Å². The summed E-state index contributed by atoms with van der Waals surface area (Å²) in [6.07, 6.45) is 2.74. The van der Waals surface area contributed by atoms with Gasteiger partial charge in [-0.1, -0.05) is 18.2 Å². The zero-order valence-electron chi connectivity index (χ0n) is 12.9. The first-order chi connectivity index (χ1) is 11.5. The summed E-state index contributed by atoms with van der Waals surface area (Å²) in [4.78, 5) is 35.4. The van der Waals surface area contributed by atoms with Gasteiger partial charge in [-0.05, 0) is 31.2 Å². The SMILES string of the molecule is C[C@H](NC(=O)/C(=C/c1ccco1)NC(=O)c1ccccc1)C(=O)O. The Morgan fingerprint density at radius 2 is 1.83 bits per heavy atom. The highest BCUT2D eigenvalue weighted by Crippen LogP contribution is 2.08. The highest BCUT2D eigenvalue weighted by molar-refractivity contribution is 6.05. The molecule has 7 nitrogen and oxygen atoms in total. The van der Waals surface area contributed by atoms with Crippen LogP contribution in [0, 0.1) is 0 Å². The van der Waals surface area contributed by atoms with E-state index in [4.69, 9.17) is 9.52 Å². The number of nitrogens with one attached hydrogen (secondary N) is 2. The number of amides is 2. The highest BCUT2D eigenvalue weighted by Gasteiger charge is 2.19. The van der Waals surface area contributed by atoms with Crippen molar-refractivity contribution in [3.8, 4) is 0 Å². The van der Waals surface area contributed by atoms with Gasteiger partial charge in [0.25, 0.3) is 11.8 Å². The first kappa shape index (κ1) is 17.0. The van der Waals surface area contributed by atoms with E-state index in [0.717, 1.165) is 0 Å². The molecule has 1 heterocycles. The summed E-state index contributed by atoms with van der Waals surface area (Å²) in [7, 11) is 0. The van der Waals surface area contributed by atoms with Gasteiger partial charge in [0.1, 0.15) is 17.5 Å². The topological polar surface area (TPSA) is 109 Å². The van der Waals surface area contributed by atoms with Crippen LogP contribution in [0.2, 0.25) is 0 Å². The first-order valence-electron chi connectivity index (χ1n) is 7.12. The van der Waals surface area contributed by atoms with E-state index in [1.54, 1.807) is 42.5 Å². The summed E-state index contributed by atoms with van der Waals surface area (Å²) >= 11 is 0. The predicted molar refractivity (Wildman–Crippen MR) is 85.8 cm³/mol. The van der Waals surface area contributed by atoms with Crippen LogP contribution in [-0.2, 0) is 9.59 Å². The molecule has 1 aromatic carbocycles. The molecule has 1 aromatic heterocycles. The smallest absolute Gasteiger partial charge is 0.325 e. The van der Waals surface area contributed by atoms with E-state index in [1.165, 1.54) is 19.3 Å². The average molecular weight is 328 g/mol. The molecular weight excluding hydrogens is 312 g/mol. The van der Waals surface area contributed by atoms with Gasteiger partial charge in [0.2, 0.25) is 0 Å². The fraction of sp³-hybridized carbons (Fsp3) is 0.118. The molecule has 2 rings (SSSR count). The molecule has 0 aliphatic carbocycles. The minimum absolute atomic E-state index is 0.119. The van der Waals surface area contributed by atoms with Gasteiger partial charge < -0.3 is 20.2 Å². The summed E-state index contributed by atoms with van der Waals surface area (Å²) < 4.78 is 5.13. The quantitative estimate of drug-likeness (QED) is 0.699. The second kappa shape index (κ2) is 7.77. The molecule has 2 aromatic rings. The van der Waals surface area contributed by atoms with Crippen molar-refractivity contribution in [2.75, 3.05) is 0 Å². The van der Waals surface area contributed by atoms with Crippen molar-refractivity contribution in [2.45, 2.75) is 13.0 Å². The lowest BCUT2D eigenvalue weighted by Gasteiger charge is -2.13. The summed E-state index contributed by atoms with van der Waals surface area (Å²) in [6.45, 7) is 1.32. The molecule has 124 valence electrons. The molecular formula is C17H16N2O5. The molecule has 0 aliphatic rings. The van der Waals surface area contributed by atoms with Crippen molar-refractivity contribution in [1.29, 1.82) is 0 Å². The molecule has 0 unspecified atom stereocenters. The number of hydrogen-bond donors (Lipinski definition) is 3. The van der Waals surface area contributed by atoms with Gasteiger partial charge >= 0.3 is 5.97 Å². The number of furan rings is 1. The van der Waals surface area contributed by atoms with E-state index < -0.39 is 23.8 Å². The third kappa shape index (κ3) is 4.57. The third-order valence-corrected chi connectivity index (χ3v) is 3.08. The number of rotatable bonds is 6. The van der Waals surface area contributed by atoms with E-state index in [0.29, 0.717) is 11.3 Å². The van der Waals surface area contributed by atoms with Gasteiger partial charge in [-0.25, -0.2) is 0 Å². The van der Waals surface area contributed by atoms with E-state index in [-0.39, 0.29) is 5.70 Å². The van der Waals surface area contributed by atoms with Crippen LogP contribution in [0.15, 0.2) is 58.8 Å². The number of carboxylic acids is 1. The Kier molecular flexibility index (Phi) is 5.51. The largest absolute Gasteiger partial charge is 0.480 e. The van der Waals surface area contributed by atoms with Crippen LogP contribution < -0.4 is 10.6 Å². The molecule has 0 saturated carbocycles. The van der Waals surface area contributed by atoms with Crippen LogP contribution >= 0.6 is 0 Å². The summed E-state index contributed by atoms with van der Waals surface area (Å²) in [5, 5.41) is 13.6. The molecule has 0 spiro atoms. The zero-order valence-corrected chi connectivity index (χ0v) is 12.9. The number of carbonyl (C=O) groups excluding carboxylic acids is 2. The second-order valence-corrected chi connectivity index (χ2v) is 4.93. The summed E-state index contributed by atoms with van der Waals surface area (Å²) in [5.41, 5.74) is 0.244. The van der Waals surface area contributed by atoms with Gasteiger partial charge in [0, 0.05) is 11.6 Å². The minimum atomic E-state index is -1.19. The lowest BCUT2D eigenvalue weighted by Crippen LogP contribution is -2.42. The van der Waals surface area contributed by atoms with E-state index in [9.17, 15) is 14.4 Å². The third-order valence-electron chi connectivity index (χ3n) is 3.08. The molecule has 2 amide bonds. The van der Waals surface area contributed by atoms with Crippen molar-refractivity contribution in [2.24, 2.45) is 0 Å². The van der Waals surface area contributed by atoms with E-state index in [2.05, 4.69) is 10.6 Å². The Hall–Kier alpha value is -3.35. The maximum atomic E-state index is 12.3. The van der Waals surface area contributed by atoms with Gasteiger partial charge in [0.05, 0.1) is 6.26 Å². The van der Waals surface area contributed by atoms with E-state index in [1.807, 2.05) is 0 Å². The Bertz CT molecular complexity index is 751. The Morgan fingerprint density at radius 1 is 1.12 bits per heavy atom. The minimum Gasteiger partial charge on any atom is -0.480 e. The monoisotopic (exact) mass is 328 g/mol. The Balaban J connectivity index is 2.22. The predicted octanol–water partition coefficient (Wildman–Crippen LogP) is 1.64. The van der Waals surface area contributed by atoms with Gasteiger partial charge in [-0.2, -0.15) is 0 Å². The standard InChI is InChI=1S/C17H16N2O5/c1-11(17(22)23)18-16(21)14(10-13-8-5-9-24-13)19-15(20)12-6-3-2-4-7-12/h2-11H,1H3,(H,18,21)(H,19,20)(H,22,23)/b14-10-/t11-/m0/s1. The summed E-state index contributed by atoms with van der Waals surface area (Å²) in [5.74, 6) is -2.07. The normalized spacial score (nSPS) is 12.3. The number of benzene rings is 1. The average Bonchev–Trinajstić information content (AvgIpc) is 3.07.